The monoisotopic (exact) mass is 355 g/mol. The standard InChI is InChI=1S/C17H17N5O2S/c1-11-8-14(21-24-11)16(23)20-17-19-13-5-7-22(10-15(13)25-17)9-12-4-2-3-6-18-12/h2-4,6,8H,5,7,9-10H2,1H3,(H,19,20,23). The SMILES string of the molecule is Cc1cc(C(=O)Nc2nc3c(s2)CN(Cc2ccccn2)CC3)no1. The molecule has 0 aromatic carbocycles. The summed E-state index contributed by atoms with van der Waals surface area (Å²) in [6, 6.07) is 7.57. The summed E-state index contributed by atoms with van der Waals surface area (Å²) in [7, 11) is 0. The number of pyridine rings is 1. The first-order chi connectivity index (χ1) is 12.2. The third-order valence-electron chi connectivity index (χ3n) is 4.00. The molecule has 1 N–H and O–H groups in total. The largest absolute Gasteiger partial charge is 0.361 e. The van der Waals surface area contributed by atoms with E-state index in [0.717, 1.165) is 37.4 Å². The molecule has 128 valence electrons. The maximum Gasteiger partial charge on any atom is 0.279 e. The molecular weight excluding hydrogens is 338 g/mol. The van der Waals surface area contributed by atoms with Crippen LogP contribution in [0.15, 0.2) is 35.0 Å². The van der Waals surface area contributed by atoms with Crippen molar-refractivity contribution in [2.24, 2.45) is 0 Å². The number of nitrogens with zero attached hydrogens (tertiary/aromatic N) is 4. The fraction of sp³-hybridized carbons (Fsp3) is 0.294. The first-order valence-corrected chi connectivity index (χ1v) is 8.84. The Balaban J connectivity index is 1.43. The van der Waals surface area contributed by atoms with Gasteiger partial charge in [-0.05, 0) is 19.1 Å². The molecule has 0 unspecified atom stereocenters. The molecule has 0 saturated carbocycles. The second-order valence-corrected chi connectivity index (χ2v) is 7.03. The van der Waals surface area contributed by atoms with Crippen LogP contribution in [0.25, 0.3) is 0 Å². The van der Waals surface area contributed by atoms with Crippen molar-refractivity contribution in [1.82, 2.24) is 20.0 Å². The van der Waals surface area contributed by atoms with Crippen molar-refractivity contribution in [3.05, 3.63) is 58.2 Å². The van der Waals surface area contributed by atoms with Crippen molar-refractivity contribution in [3.63, 3.8) is 0 Å². The van der Waals surface area contributed by atoms with Gasteiger partial charge in [-0.15, -0.1) is 11.3 Å². The number of aromatic nitrogens is 3. The highest BCUT2D eigenvalue weighted by molar-refractivity contribution is 7.15. The average molecular weight is 355 g/mol. The molecule has 7 nitrogen and oxygen atoms in total. The van der Waals surface area contributed by atoms with Crippen LogP contribution in [-0.2, 0) is 19.5 Å². The van der Waals surface area contributed by atoms with Crippen LogP contribution in [0.2, 0.25) is 0 Å². The van der Waals surface area contributed by atoms with Crippen molar-refractivity contribution in [2.45, 2.75) is 26.4 Å². The zero-order valence-electron chi connectivity index (χ0n) is 13.7. The third kappa shape index (κ3) is 3.59. The lowest BCUT2D eigenvalue weighted by atomic mass is 10.1. The van der Waals surface area contributed by atoms with Crippen molar-refractivity contribution in [1.29, 1.82) is 0 Å². The van der Waals surface area contributed by atoms with Gasteiger partial charge in [-0.3, -0.25) is 20.0 Å². The van der Waals surface area contributed by atoms with Crippen LogP contribution < -0.4 is 5.32 Å². The Hall–Kier alpha value is -2.58. The fourth-order valence-electron chi connectivity index (χ4n) is 2.79. The number of rotatable bonds is 4. The van der Waals surface area contributed by atoms with Gasteiger partial charge < -0.3 is 4.52 Å². The van der Waals surface area contributed by atoms with E-state index in [9.17, 15) is 4.79 Å². The Morgan fingerprint density at radius 3 is 3.12 bits per heavy atom. The molecule has 1 aliphatic heterocycles. The molecule has 1 amide bonds. The zero-order chi connectivity index (χ0) is 17.2. The predicted molar refractivity (Wildman–Crippen MR) is 93.4 cm³/mol. The molecule has 0 fully saturated rings. The predicted octanol–water partition coefficient (Wildman–Crippen LogP) is 2.65. The summed E-state index contributed by atoms with van der Waals surface area (Å²) >= 11 is 1.52. The summed E-state index contributed by atoms with van der Waals surface area (Å²) in [5.41, 5.74) is 2.39. The Kier molecular flexibility index (Phi) is 4.29. The molecule has 8 heteroatoms. The molecule has 0 spiro atoms. The van der Waals surface area contributed by atoms with Crippen molar-refractivity contribution >= 4 is 22.4 Å². The smallest absolute Gasteiger partial charge is 0.279 e. The van der Waals surface area contributed by atoms with Gasteiger partial charge in [0.15, 0.2) is 10.8 Å². The molecule has 1 aliphatic rings. The van der Waals surface area contributed by atoms with E-state index in [4.69, 9.17) is 4.52 Å². The summed E-state index contributed by atoms with van der Waals surface area (Å²) in [5.74, 6) is 0.307. The van der Waals surface area contributed by atoms with Crippen LogP contribution in [-0.4, -0.2) is 32.5 Å². The lowest BCUT2D eigenvalue weighted by Crippen LogP contribution is -2.29. The molecule has 3 aromatic rings. The summed E-state index contributed by atoms with van der Waals surface area (Å²) in [6.45, 7) is 4.33. The van der Waals surface area contributed by atoms with Crippen molar-refractivity contribution in [2.75, 3.05) is 11.9 Å². The van der Waals surface area contributed by atoms with Gasteiger partial charge in [0.2, 0.25) is 0 Å². The maximum atomic E-state index is 12.2. The number of carbonyl (C=O) groups is 1. The second-order valence-electron chi connectivity index (χ2n) is 5.95. The number of hydrogen-bond acceptors (Lipinski definition) is 7. The van der Waals surface area contributed by atoms with Gasteiger partial charge in [-0.2, -0.15) is 0 Å². The van der Waals surface area contributed by atoms with E-state index < -0.39 is 0 Å². The highest BCUT2D eigenvalue weighted by Crippen LogP contribution is 2.29. The molecule has 0 saturated heterocycles. The topological polar surface area (TPSA) is 84.2 Å². The van der Waals surface area contributed by atoms with Crippen molar-refractivity contribution in [3.8, 4) is 0 Å². The molecule has 4 heterocycles. The summed E-state index contributed by atoms with van der Waals surface area (Å²) in [5, 5.41) is 7.14. The van der Waals surface area contributed by atoms with Gasteiger partial charge in [0.1, 0.15) is 5.76 Å². The van der Waals surface area contributed by atoms with E-state index in [2.05, 4.69) is 25.3 Å². The Morgan fingerprint density at radius 1 is 1.44 bits per heavy atom. The second kappa shape index (κ2) is 6.73. The van der Waals surface area contributed by atoms with Crippen LogP contribution in [0.5, 0.6) is 0 Å². The van der Waals surface area contributed by atoms with Gasteiger partial charge in [-0.1, -0.05) is 11.2 Å². The molecule has 0 bridgehead atoms. The number of carbonyl (C=O) groups excluding carboxylic acids is 1. The van der Waals surface area contributed by atoms with Gasteiger partial charge >= 0.3 is 0 Å². The van der Waals surface area contributed by atoms with Crippen LogP contribution in [0.1, 0.15) is 32.5 Å². The number of nitrogens with one attached hydrogen (secondary N) is 1. The van der Waals surface area contributed by atoms with Crippen LogP contribution in [0.3, 0.4) is 0 Å². The Bertz CT molecular complexity index is 890. The fourth-order valence-corrected chi connectivity index (χ4v) is 3.84. The maximum absolute atomic E-state index is 12.2. The summed E-state index contributed by atoms with van der Waals surface area (Å²) in [4.78, 5) is 24.6. The number of hydrogen-bond donors (Lipinski definition) is 1. The average Bonchev–Trinajstić information content (AvgIpc) is 3.21. The first-order valence-electron chi connectivity index (χ1n) is 8.03. The normalized spacial score (nSPS) is 14.3. The minimum atomic E-state index is -0.298. The van der Waals surface area contributed by atoms with E-state index in [1.807, 2.05) is 24.4 Å². The summed E-state index contributed by atoms with van der Waals surface area (Å²) in [6.07, 6.45) is 2.69. The minimum Gasteiger partial charge on any atom is -0.361 e. The van der Waals surface area contributed by atoms with Gasteiger partial charge in [0.25, 0.3) is 5.91 Å². The van der Waals surface area contributed by atoms with Gasteiger partial charge in [-0.25, -0.2) is 4.98 Å². The number of amides is 1. The highest BCUT2D eigenvalue weighted by atomic mass is 32.1. The number of anilines is 1. The highest BCUT2D eigenvalue weighted by Gasteiger charge is 2.22. The zero-order valence-corrected chi connectivity index (χ0v) is 14.5. The molecule has 0 atom stereocenters. The lowest BCUT2D eigenvalue weighted by Gasteiger charge is -2.25. The minimum absolute atomic E-state index is 0.266. The molecule has 0 aliphatic carbocycles. The molecule has 4 rings (SSSR count). The molecule has 3 aromatic heterocycles. The van der Waals surface area contributed by atoms with E-state index in [1.165, 1.54) is 16.2 Å². The molecule has 25 heavy (non-hydrogen) atoms. The molecular formula is C17H17N5O2S. The third-order valence-corrected chi connectivity index (χ3v) is 5.00. The van der Waals surface area contributed by atoms with Crippen LogP contribution in [0, 0.1) is 6.92 Å². The van der Waals surface area contributed by atoms with Crippen LogP contribution in [0.4, 0.5) is 5.13 Å². The quantitative estimate of drug-likeness (QED) is 0.774. The Morgan fingerprint density at radius 2 is 2.36 bits per heavy atom. The number of aryl methyl sites for hydroxylation is 1. The number of fused-ring (bicyclic) bond motifs is 1. The van der Waals surface area contributed by atoms with Crippen LogP contribution >= 0.6 is 11.3 Å². The van der Waals surface area contributed by atoms with E-state index in [-0.39, 0.29) is 11.6 Å². The van der Waals surface area contributed by atoms with E-state index >= 15 is 0 Å². The Labute approximate surface area is 148 Å². The first kappa shape index (κ1) is 15.9. The van der Waals surface area contributed by atoms with E-state index in [0.29, 0.717) is 10.9 Å². The lowest BCUT2D eigenvalue weighted by molar-refractivity contribution is 0.101. The van der Waals surface area contributed by atoms with Gasteiger partial charge in [0, 0.05) is 43.2 Å². The van der Waals surface area contributed by atoms with Crippen molar-refractivity contribution < 1.29 is 9.32 Å². The van der Waals surface area contributed by atoms with Gasteiger partial charge in [0.05, 0.1) is 11.4 Å². The summed E-state index contributed by atoms with van der Waals surface area (Å²) < 4.78 is 4.93. The number of thiazole rings is 1. The van der Waals surface area contributed by atoms with E-state index in [1.54, 1.807) is 13.0 Å². The molecule has 0 radical (unpaired) electrons.